The highest BCUT2D eigenvalue weighted by molar-refractivity contribution is 7.47. The highest BCUT2D eigenvalue weighted by Gasteiger charge is 2.27. The van der Waals surface area contributed by atoms with E-state index in [0.29, 0.717) is 13.0 Å². The Balaban J connectivity index is 4.24. The van der Waals surface area contributed by atoms with E-state index in [-0.39, 0.29) is 13.0 Å². The van der Waals surface area contributed by atoms with Crippen molar-refractivity contribution >= 4 is 19.8 Å². The second-order valence-electron chi connectivity index (χ2n) is 17.6. The zero-order valence-corrected chi connectivity index (χ0v) is 44.3. The number of allylic oxidation sites excluding steroid dienone is 18. The summed E-state index contributed by atoms with van der Waals surface area (Å²) in [4.78, 5) is 33.7. The Labute approximate surface area is 421 Å². The molecule has 4 N–H and O–H groups in total. The molecule has 3 atom stereocenters. The average Bonchev–Trinajstić information content (AvgIpc) is 3.33. The van der Waals surface area contributed by atoms with Crippen molar-refractivity contribution in [1.82, 2.24) is 0 Å². The normalized spacial score (nSPS) is 14.5. The number of unbranched alkanes of at least 4 members (excludes halogenated alkanes) is 18. The molecule has 0 aliphatic carbocycles. The van der Waals surface area contributed by atoms with Crippen LogP contribution in [0, 0.1) is 0 Å². The van der Waals surface area contributed by atoms with Gasteiger partial charge in [-0.15, -0.1) is 0 Å². The number of carboxylic acid groups (broad SMARTS) is 1. The quantitative estimate of drug-likeness (QED) is 0.0232. The first-order valence-electron chi connectivity index (χ1n) is 26.9. The SMILES string of the molecule is CC/C=C\C/C=C\C/C=C\C/C=C\C/C=C\C/C=C\C/C=C\CCCCOCC(COP(=O)(O)OCC(N)C(=O)O)OC(=O)CCCCCCCCCCCCC/C=C\C/C=C\CCCCCCC. The molecule has 0 bridgehead atoms. The number of rotatable bonds is 50. The smallest absolute Gasteiger partial charge is 0.472 e. The zero-order valence-electron chi connectivity index (χ0n) is 43.4. The van der Waals surface area contributed by atoms with E-state index in [9.17, 15) is 19.0 Å². The van der Waals surface area contributed by atoms with Crippen LogP contribution in [-0.4, -0.2) is 60.5 Å². The number of carboxylic acids is 1. The first-order chi connectivity index (χ1) is 33.7. The van der Waals surface area contributed by atoms with Gasteiger partial charge in [0.2, 0.25) is 0 Å². The first-order valence-corrected chi connectivity index (χ1v) is 28.4. The van der Waals surface area contributed by atoms with Crippen LogP contribution >= 0.6 is 7.82 Å². The van der Waals surface area contributed by atoms with E-state index < -0.39 is 45.1 Å². The van der Waals surface area contributed by atoms with Crippen molar-refractivity contribution in [3.63, 3.8) is 0 Å². The van der Waals surface area contributed by atoms with Gasteiger partial charge in [0, 0.05) is 13.0 Å². The van der Waals surface area contributed by atoms with Crippen LogP contribution in [0.15, 0.2) is 109 Å². The molecule has 0 fully saturated rings. The fourth-order valence-electron chi connectivity index (χ4n) is 6.91. The molecule has 0 spiro atoms. The van der Waals surface area contributed by atoms with Gasteiger partial charge in [-0.25, -0.2) is 4.57 Å². The molecule has 11 heteroatoms. The highest BCUT2D eigenvalue weighted by Crippen LogP contribution is 2.43. The molecule has 0 saturated carbocycles. The van der Waals surface area contributed by atoms with E-state index in [1.165, 1.54) is 89.9 Å². The number of ether oxygens (including phenoxy) is 2. The minimum atomic E-state index is -4.65. The van der Waals surface area contributed by atoms with Crippen molar-refractivity contribution in [3.05, 3.63) is 109 Å². The Morgan fingerprint density at radius 1 is 0.478 bits per heavy atom. The van der Waals surface area contributed by atoms with E-state index in [1.54, 1.807) is 0 Å². The van der Waals surface area contributed by atoms with E-state index in [1.807, 2.05) is 0 Å². The summed E-state index contributed by atoms with van der Waals surface area (Å²) in [6, 6.07) is -1.49. The van der Waals surface area contributed by atoms with Gasteiger partial charge >= 0.3 is 19.8 Å². The largest absolute Gasteiger partial charge is 0.480 e. The van der Waals surface area contributed by atoms with Crippen LogP contribution in [-0.2, 0) is 32.7 Å². The molecule has 0 rings (SSSR count). The van der Waals surface area contributed by atoms with Gasteiger partial charge in [-0.2, -0.15) is 0 Å². The van der Waals surface area contributed by atoms with Crippen LogP contribution in [0.2, 0.25) is 0 Å². The van der Waals surface area contributed by atoms with Crippen molar-refractivity contribution < 1.29 is 42.7 Å². The Hall–Kier alpha value is -3.37. The molecule has 0 saturated heterocycles. The molecule has 0 radical (unpaired) electrons. The van der Waals surface area contributed by atoms with Gasteiger partial charge in [-0.1, -0.05) is 207 Å². The monoisotopic (exact) mass is 984 g/mol. The summed E-state index contributed by atoms with van der Waals surface area (Å²) in [5.41, 5.74) is 5.38. The number of carbonyl (C=O) groups is 2. The molecular weight excluding hydrogens is 886 g/mol. The van der Waals surface area contributed by atoms with Crippen LogP contribution in [0.3, 0.4) is 0 Å². The lowest BCUT2D eigenvalue weighted by molar-refractivity contribution is -0.154. The van der Waals surface area contributed by atoms with Crippen LogP contribution in [0.1, 0.15) is 206 Å². The lowest BCUT2D eigenvalue weighted by Gasteiger charge is -2.20. The summed E-state index contributed by atoms with van der Waals surface area (Å²) < 4.78 is 33.5. The van der Waals surface area contributed by atoms with Crippen LogP contribution < -0.4 is 5.73 Å². The van der Waals surface area contributed by atoms with E-state index in [4.69, 9.17) is 29.4 Å². The number of nitrogens with two attached hydrogens (primary N) is 1. The molecule has 0 aromatic rings. The summed E-state index contributed by atoms with van der Waals surface area (Å²) in [6.45, 7) is 3.65. The van der Waals surface area contributed by atoms with Gasteiger partial charge in [0.25, 0.3) is 0 Å². The summed E-state index contributed by atoms with van der Waals surface area (Å²) >= 11 is 0. The molecule has 0 aliphatic rings. The Morgan fingerprint density at radius 3 is 1.26 bits per heavy atom. The lowest BCUT2D eigenvalue weighted by atomic mass is 10.0. The zero-order chi connectivity index (χ0) is 50.4. The third-order valence-corrected chi connectivity index (χ3v) is 12.0. The van der Waals surface area contributed by atoms with Gasteiger partial charge in [0.15, 0.2) is 0 Å². The number of carbonyl (C=O) groups excluding carboxylic acids is 1. The third kappa shape index (κ3) is 52.3. The number of hydrogen-bond donors (Lipinski definition) is 3. The maximum atomic E-state index is 12.7. The molecule has 0 amide bonds. The Morgan fingerprint density at radius 2 is 0.841 bits per heavy atom. The van der Waals surface area contributed by atoms with E-state index >= 15 is 0 Å². The van der Waals surface area contributed by atoms with Crippen LogP contribution in [0.4, 0.5) is 0 Å². The summed E-state index contributed by atoms with van der Waals surface area (Å²) in [5.74, 6) is -1.81. The van der Waals surface area contributed by atoms with E-state index in [2.05, 4.69) is 123 Å². The number of hydrogen-bond acceptors (Lipinski definition) is 8. The predicted octanol–water partition coefficient (Wildman–Crippen LogP) is 16.2. The van der Waals surface area contributed by atoms with Crippen LogP contribution in [0.5, 0.6) is 0 Å². The van der Waals surface area contributed by atoms with Crippen molar-refractivity contribution in [1.29, 1.82) is 0 Å². The molecule has 394 valence electrons. The maximum absolute atomic E-state index is 12.7. The molecule has 0 aromatic carbocycles. The lowest BCUT2D eigenvalue weighted by Crippen LogP contribution is -2.34. The molecular formula is C58H98NO9P. The molecule has 10 nitrogen and oxygen atoms in total. The Kier molecular flexibility index (Phi) is 49.9. The molecule has 0 heterocycles. The molecule has 3 unspecified atom stereocenters. The minimum Gasteiger partial charge on any atom is -0.480 e. The Bertz CT molecular complexity index is 1510. The fraction of sp³-hybridized carbons (Fsp3) is 0.655. The summed E-state index contributed by atoms with van der Waals surface area (Å²) in [5, 5.41) is 8.94. The number of phosphoric acid groups is 1. The minimum absolute atomic E-state index is 0.0207. The van der Waals surface area contributed by atoms with Crippen molar-refractivity contribution in [2.24, 2.45) is 5.73 Å². The highest BCUT2D eigenvalue weighted by atomic mass is 31.2. The number of esters is 1. The third-order valence-electron chi connectivity index (χ3n) is 11.0. The predicted molar refractivity (Wildman–Crippen MR) is 290 cm³/mol. The molecule has 69 heavy (non-hydrogen) atoms. The first kappa shape index (κ1) is 65.6. The van der Waals surface area contributed by atoms with Crippen molar-refractivity contribution in [2.75, 3.05) is 26.4 Å². The van der Waals surface area contributed by atoms with Gasteiger partial charge in [0.1, 0.15) is 12.1 Å². The standard InChI is InChI=1S/C58H98NO9P/c1-3-5-7-9-11-13-15-17-19-21-23-25-27-29-31-33-35-37-39-41-43-45-47-49-51-65-52-55(53-66-69(63,64)67-54-56(59)58(61)62)68-57(60)50-48-46-44-42-40-38-36-34-32-30-28-26-24-22-20-18-16-14-12-10-8-6-4-2/h5,7,11,13,16-19,22-25,29,31,35,37,41,43,55-56H,3-4,6,8-10,12,14-15,20-21,26-28,30,32-34,36,38-40,42,44-54,59H2,1-2H3,(H,61,62)(H,63,64)/b7-5-,13-11-,18-16-,19-17-,24-22-,25-23-,31-29-,37-35-,43-41-. The molecule has 0 aliphatic heterocycles. The van der Waals surface area contributed by atoms with Gasteiger partial charge < -0.3 is 25.2 Å². The van der Waals surface area contributed by atoms with Crippen molar-refractivity contribution in [3.8, 4) is 0 Å². The number of aliphatic carboxylic acids is 1. The van der Waals surface area contributed by atoms with Crippen molar-refractivity contribution in [2.45, 2.75) is 219 Å². The topological polar surface area (TPSA) is 155 Å². The average molecular weight is 984 g/mol. The molecule has 0 aromatic heterocycles. The fourth-order valence-corrected chi connectivity index (χ4v) is 7.69. The summed E-state index contributed by atoms with van der Waals surface area (Å²) in [7, 11) is -4.65. The number of phosphoric ester groups is 1. The maximum Gasteiger partial charge on any atom is 0.472 e. The van der Waals surface area contributed by atoms with Crippen LogP contribution in [0.25, 0.3) is 0 Å². The second-order valence-corrected chi connectivity index (χ2v) is 19.1. The van der Waals surface area contributed by atoms with E-state index in [0.717, 1.165) is 89.9 Å². The van der Waals surface area contributed by atoms with Gasteiger partial charge in [0.05, 0.1) is 19.8 Å². The van der Waals surface area contributed by atoms with Gasteiger partial charge in [-0.05, 0) is 103 Å². The summed E-state index contributed by atoms with van der Waals surface area (Å²) in [6.07, 6.45) is 71.5. The van der Waals surface area contributed by atoms with Gasteiger partial charge in [-0.3, -0.25) is 18.6 Å². The second kappa shape index (κ2) is 52.5.